The zero-order chi connectivity index (χ0) is 14.6. The molecule has 0 spiro atoms. The van der Waals surface area contributed by atoms with Crippen LogP contribution in [0.15, 0.2) is 4.90 Å². The largest absolute Gasteiger partial charge is 0.348 e. The highest BCUT2D eigenvalue weighted by Crippen LogP contribution is 2.23. The molecule has 1 aromatic heterocycles. The van der Waals surface area contributed by atoms with Crippen molar-refractivity contribution in [2.45, 2.75) is 51.0 Å². The second-order valence-electron chi connectivity index (χ2n) is 4.16. The first-order valence-electron chi connectivity index (χ1n) is 6.17. The molecule has 0 atom stereocenters. The van der Waals surface area contributed by atoms with E-state index >= 15 is 0 Å². The summed E-state index contributed by atoms with van der Waals surface area (Å²) in [6.07, 6.45) is 1.92. The normalized spacial score (nSPS) is 11.8. The van der Waals surface area contributed by atoms with E-state index in [2.05, 4.69) is 15.5 Å². The van der Waals surface area contributed by atoms with E-state index in [9.17, 15) is 13.2 Å². The van der Waals surface area contributed by atoms with Crippen LogP contribution in [0.1, 0.15) is 49.8 Å². The molecule has 1 amide bonds. The zero-order valence-corrected chi connectivity index (χ0v) is 12.7. The average Bonchev–Trinajstić information content (AvgIpc) is 2.79. The van der Waals surface area contributed by atoms with E-state index in [1.807, 2.05) is 13.8 Å². The molecule has 0 bridgehead atoms. The van der Waals surface area contributed by atoms with Crippen LogP contribution >= 0.6 is 10.7 Å². The third kappa shape index (κ3) is 3.70. The molecule has 1 heterocycles. The van der Waals surface area contributed by atoms with Crippen molar-refractivity contribution >= 4 is 25.6 Å². The Morgan fingerprint density at radius 1 is 1.37 bits per heavy atom. The summed E-state index contributed by atoms with van der Waals surface area (Å²) in [4.78, 5) is 11.8. The molecule has 0 unspecified atom stereocenters. The number of carbonyl (C=O) groups excluding carboxylic acids is 1. The number of rotatable bonds is 6. The summed E-state index contributed by atoms with van der Waals surface area (Å²) < 4.78 is 23.1. The van der Waals surface area contributed by atoms with E-state index in [0.29, 0.717) is 12.1 Å². The Labute approximate surface area is 117 Å². The second kappa shape index (κ2) is 6.38. The van der Waals surface area contributed by atoms with Crippen molar-refractivity contribution in [1.82, 2.24) is 15.5 Å². The van der Waals surface area contributed by atoms with E-state index in [-0.39, 0.29) is 16.6 Å². The van der Waals surface area contributed by atoms with Crippen molar-refractivity contribution in [3.8, 4) is 0 Å². The van der Waals surface area contributed by atoms with Gasteiger partial charge >= 0.3 is 0 Å². The summed E-state index contributed by atoms with van der Waals surface area (Å²) in [5, 5.41) is 9.06. The van der Waals surface area contributed by atoms with E-state index < -0.39 is 15.0 Å². The van der Waals surface area contributed by atoms with Gasteiger partial charge in [-0.25, -0.2) is 8.42 Å². The predicted octanol–water partition coefficient (Wildman–Crippen LogP) is 1.82. The number of aromatic amines is 1. The van der Waals surface area contributed by atoms with Gasteiger partial charge < -0.3 is 5.32 Å². The molecule has 19 heavy (non-hydrogen) atoms. The number of nitrogens with one attached hydrogen (secondary N) is 2. The van der Waals surface area contributed by atoms with Crippen LogP contribution in [0.2, 0.25) is 0 Å². The monoisotopic (exact) mass is 307 g/mol. The first-order valence-corrected chi connectivity index (χ1v) is 8.48. The summed E-state index contributed by atoms with van der Waals surface area (Å²) in [6, 6.07) is -0.0137. The number of carbonyl (C=O) groups is 1. The van der Waals surface area contributed by atoms with E-state index in [4.69, 9.17) is 10.7 Å². The van der Waals surface area contributed by atoms with Crippen LogP contribution in [0, 0.1) is 0 Å². The number of H-pyrrole nitrogens is 1. The molecule has 0 aliphatic rings. The maximum Gasteiger partial charge on any atom is 0.273 e. The Hall–Kier alpha value is -1.08. The van der Waals surface area contributed by atoms with Gasteiger partial charge in [-0.1, -0.05) is 20.8 Å². The SMILES string of the molecule is CCc1[nH]nc(C(=O)NC(CC)CC)c1S(=O)(=O)Cl. The number of hydrogen-bond donors (Lipinski definition) is 2. The van der Waals surface area contributed by atoms with Gasteiger partial charge in [-0.2, -0.15) is 5.10 Å². The van der Waals surface area contributed by atoms with Crippen LogP contribution in [0.5, 0.6) is 0 Å². The second-order valence-corrected chi connectivity index (χ2v) is 6.66. The summed E-state index contributed by atoms with van der Waals surface area (Å²) in [5.74, 6) is -0.524. The molecule has 108 valence electrons. The number of aromatic nitrogens is 2. The summed E-state index contributed by atoms with van der Waals surface area (Å²) in [7, 11) is 1.36. The molecule has 0 aliphatic heterocycles. The first-order chi connectivity index (χ1) is 8.85. The van der Waals surface area contributed by atoms with E-state index in [0.717, 1.165) is 12.8 Å². The van der Waals surface area contributed by atoms with Crippen LogP contribution < -0.4 is 5.32 Å². The maximum atomic E-state index is 12.1. The van der Waals surface area contributed by atoms with Gasteiger partial charge in [0.15, 0.2) is 5.69 Å². The fourth-order valence-electron chi connectivity index (χ4n) is 1.77. The Morgan fingerprint density at radius 2 is 1.95 bits per heavy atom. The van der Waals surface area contributed by atoms with Gasteiger partial charge in [-0.05, 0) is 19.3 Å². The molecule has 0 fully saturated rings. The van der Waals surface area contributed by atoms with Crippen LogP contribution in [-0.4, -0.2) is 30.6 Å². The fourth-order valence-corrected chi connectivity index (χ4v) is 3.12. The highest BCUT2D eigenvalue weighted by atomic mass is 35.7. The molecular weight excluding hydrogens is 290 g/mol. The predicted molar refractivity (Wildman–Crippen MR) is 72.8 cm³/mol. The smallest absolute Gasteiger partial charge is 0.273 e. The van der Waals surface area contributed by atoms with Gasteiger partial charge in [-0.15, -0.1) is 0 Å². The Kier molecular flexibility index (Phi) is 5.37. The maximum absolute atomic E-state index is 12.1. The van der Waals surface area contributed by atoms with Crippen LogP contribution in [0.4, 0.5) is 0 Å². The molecule has 8 heteroatoms. The lowest BCUT2D eigenvalue weighted by Gasteiger charge is -2.13. The highest BCUT2D eigenvalue weighted by Gasteiger charge is 2.28. The Balaban J connectivity index is 3.14. The van der Waals surface area contributed by atoms with Gasteiger partial charge in [0.1, 0.15) is 4.90 Å². The van der Waals surface area contributed by atoms with Crippen molar-refractivity contribution in [1.29, 1.82) is 0 Å². The van der Waals surface area contributed by atoms with Crippen molar-refractivity contribution in [2.24, 2.45) is 0 Å². The third-order valence-corrected chi connectivity index (χ3v) is 4.32. The minimum absolute atomic E-state index is 0.0137. The van der Waals surface area contributed by atoms with Gasteiger partial charge in [0.25, 0.3) is 15.0 Å². The van der Waals surface area contributed by atoms with Crippen LogP contribution in [0.25, 0.3) is 0 Å². The lowest BCUT2D eigenvalue weighted by Crippen LogP contribution is -2.34. The van der Waals surface area contributed by atoms with Crippen LogP contribution in [0.3, 0.4) is 0 Å². The first kappa shape index (κ1) is 16.0. The number of amides is 1. The molecule has 0 aliphatic carbocycles. The number of halogens is 1. The van der Waals surface area contributed by atoms with Gasteiger partial charge in [0, 0.05) is 16.7 Å². The minimum atomic E-state index is -4.01. The Morgan fingerprint density at radius 3 is 2.37 bits per heavy atom. The Bertz CT molecular complexity index is 550. The summed E-state index contributed by atoms with van der Waals surface area (Å²) in [6.45, 7) is 5.63. The average molecular weight is 308 g/mol. The number of aryl methyl sites for hydroxylation is 1. The summed E-state index contributed by atoms with van der Waals surface area (Å²) >= 11 is 0. The highest BCUT2D eigenvalue weighted by molar-refractivity contribution is 8.13. The minimum Gasteiger partial charge on any atom is -0.348 e. The fraction of sp³-hybridized carbons (Fsp3) is 0.636. The number of nitrogens with zero attached hydrogens (tertiary/aromatic N) is 1. The number of hydrogen-bond acceptors (Lipinski definition) is 4. The van der Waals surface area contributed by atoms with Gasteiger partial charge in [0.05, 0.1) is 5.69 Å². The lowest BCUT2D eigenvalue weighted by atomic mass is 10.1. The summed E-state index contributed by atoms with van der Waals surface area (Å²) in [5.41, 5.74) is 0.170. The van der Waals surface area contributed by atoms with E-state index in [1.165, 1.54) is 0 Å². The molecular formula is C11H18ClN3O3S. The van der Waals surface area contributed by atoms with Crippen LogP contribution in [-0.2, 0) is 15.5 Å². The third-order valence-electron chi connectivity index (χ3n) is 2.93. The molecule has 0 saturated carbocycles. The van der Waals surface area contributed by atoms with Gasteiger partial charge in [0.2, 0.25) is 0 Å². The molecule has 1 aromatic rings. The van der Waals surface area contributed by atoms with Crippen molar-refractivity contribution < 1.29 is 13.2 Å². The standard InChI is InChI=1S/C11H18ClN3O3S/c1-4-7(5-2)13-11(16)9-10(19(12,17)18)8(6-3)14-15-9/h7H,4-6H2,1-3H3,(H,13,16)(H,14,15). The molecule has 2 N–H and O–H groups in total. The quantitative estimate of drug-likeness (QED) is 0.784. The zero-order valence-electron chi connectivity index (χ0n) is 11.2. The van der Waals surface area contributed by atoms with Crippen molar-refractivity contribution in [3.05, 3.63) is 11.4 Å². The molecule has 0 saturated heterocycles. The topological polar surface area (TPSA) is 91.9 Å². The van der Waals surface area contributed by atoms with Gasteiger partial charge in [-0.3, -0.25) is 9.89 Å². The molecule has 0 aromatic carbocycles. The molecule has 6 nitrogen and oxygen atoms in total. The van der Waals surface area contributed by atoms with Crippen molar-refractivity contribution in [3.63, 3.8) is 0 Å². The lowest BCUT2D eigenvalue weighted by molar-refractivity contribution is 0.0926. The van der Waals surface area contributed by atoms with E-state index in [1.54, 1.807) is 6.92 Å². The molecule has 0 radical (unpaired) electrons. The van der Waals surface area contributed by atoms with Crippen molar-refractivity contribution in [2.75, 3.05) is 0 Å². The molecule has 1 rings (SSSR count).